The Morgan fingerprint density at radius 2 is 1.94 bits per heavy atom. The molecule has 3 nitrogen and oxygen atoms in total. The van der Waals surface area contributed by atoms with Crippen molar-refractivity contribution in [3.05, 3.63) is 43.8 Å². The van der Waals surface area contributed by atoms with Crippen molar-refractivity contribution < 1.29 is 0 Å². The first-order chi connectivity index (χ1) is 8.72. The van der Waals surface area contributed by atoms with Crippen LogP contribution in [-0.2, 0) is 6.54 Å². The Hall–Kier alpha value is -0.910. The van der Waals surface area contributed by atoms with Crippen LogP contribution in [0.15, 0.2) is 38.9 Å². The number of rotatable bonds is 5. The minimum absolute atomic E-state index is 0.102. The van der Waals surface area contributed by atoms with Crippen molar-refractivity contribution in [2.24, 2.45) is 5.73 Å². The van der Waals surface area contributed by atoms with Gasteiger partial charge in [0.05, 0.1) is 5.69 Å². The van der Waals surface area contributed by atoms with Crippen LogP contribution in [0.25, 0.3) is 11.3 Å². The highest BCUT2D eigenvalue weighted by molar-refractivity contribution is 9.10. The molecular formula is C13H15BrN2OS. The second kappa shape index (κ2) is 6.31. The number of unbranched alkanes of at least 4 members (excludes halogenated alkanes) is 1. The number of hydrogen-bond acceptors (Lipinski definition) is 3. The second-order valence-corrected chi connectivity index (χ2v) is 5.78. The molecule has 0 aliphatic rings. The van der Waals surface area contributed by atoms with Gasteiger partial charge in [-0.2, -0.15) is 0 Å². The van der Waals surface area contributed by atoms with Gasteiger partial charge < -0.3 is 5.73 Å². The van der Waals surface area contributed by atoms with Gasteiger partial charge in [-0.15, -0.1) is 0 Å². The lowest BCUT2D eigenvalue weighted by molar-refractivity contribution is 0.613. The van der Waals surface area contributed by atoms with Gasteiger partial charge in [0.2, 0.25) is 0 Å². The first kappa shape index (κ1) is 13.5. The Morgan fingerprint density at radius 3 is 2.61 bits per heavy atom. The van der Waals surface area contributed by atoms with E-state index in [9.17, 15) is 4.79 Å². The van der Waals surface area contributed by atoms with E-state index in [1.165, 1.54) is 11.3 Å². The van der Waals surface area contributed by atoms with Crippen molar-refractivity contribution in [2.45, 2.75) is 19.4 Å². The third-order valence-electron chi connectivity index (χ3n) is 2.76. The van der Waals surface area contributed by atoms with Gasteiger partial charge in [0.25, 0.3) is 0 Å². The van der Waals surface area contributed by atoms with Crippen LogP contribution >= 0.6 is 27.3 Å². The molecule has 0 saturated carbocycles. The molecule has 0 amide bonds. The zero-order valence-electron chi connectivity index (χ0n) is 9.93. The Morgan fingerprint density at radius 1 is 1.22 bits per heavy atom. The van der Waals surface area contributed by atoms with Gasteiger partial charge in [-0.25, -0.2) is 0 Å². The molecule has 0 aliphatic heterocycles. The molecule has 96 valence electrons. The highest BCUT2D eigenvalue weighted by Crippen LogP contribution is 2.22. The Labute approximate surface area is 118 Å². The van der Waals surface area contributed by atoms with E-state index in [2.05, 4.69) is 15.9 Å². The molecule has 1 heterocycles. The number of hydrogen-bond donors (Lipinski definition) is 1. The van der Waals surface area contributed by atoms with E-state index in [0.29, 0.717) is 6.54 Å². The molecule has 0 saturated heterocycles. The van der Waals surface area contributed by atoms with Crippen molar-refractivity contribution in [3.63, 3.8) is 0 Å². The highest BCUT2D eigenvalue weighted by atomic mass is 79.9. The van der Waals surface area contributed by atoms with Gasteiger partial charge in [-0.1, -0.05) is 39.4 Å². The molecule has 0 atom stereocenters. The molecule has 2 aromatic rings. The summed E-state index contributed by atoms with van der Waals surface area (Å²) in [5.41, 5.74) is 7.55. The van der Waals surface area contributed by atoms with Gasteiger partial charge in [0, 0.05) is 16.4 Å². The van der Waals surface area contributed by atoms with E-state index in [4.69, 9.17) is 5.73 Å². The lowest BCUT2D eigenvalue weighted by Gasteiger charge is -2.07. The van der Waals surface area contributed by atoms with Gasteiger partial charge >= 0.3 is 4.87 Å². The Balaban J connectivity index is 2.27. The quantitative estimate of drug-likeness (QED) is 0.858. The summed E-state index contributed by atoms with van der Waals surface area (Å²) in [4.78, 5) is 11.9. The zero-order chi connectivity index (χ0) is 13.0. The summed E-state index contributed by atoms with van der Waals surface area (Å²) in [7, 11) is 0. The molecule has 0 unspecified atom stereocenters. The molecule has 1 aromatic heterocycles. The SMILES string of the molecule is NCCCCn1c(-c2ccc(Br)cc2)csc1=O. The van der Waals surface area contributed by atoms with Crippen molar-refractivity contribution in [1.29, 1.82) is 0 Å². The summed E-state index contributed by atoms with van der Waals surface area (Å²) in [6, 6.07) is 8.01. The maximum Gasteiger partial charge on any atom is 0.307 e. The number of nitrogens with two attached hydrogens (primary N) is 1. The van der Waals surface area contributed by atoms with Gasteiger partial charge in [-0.3, -0.25) is 9.36 Å². The van der Waals surface area contributed by atoms with Crippen LogP contribution in [0.3, 0.4) is 0 Å². The maximum atomic E-state index is 11.8. The average Bonchev–Trinajstić information content (AvgIpc) is 2.73. The Bertz CT molecular complexity index is 559. The molecular weight excluding hydrogens is 312 g/mol. The summed E-state index contributed by atoms with van der Waals surface area (Å²) in [6.45, 7) is 1.41. The standard InChI is InChI=1S/C13H15BrN2OS/c14-11-5-3-10(4-6-11)12-9-18-13(17)16(12)8-2-1-7-15/h3-6,9H,1-2,7-8,15H2. The summed E-state index contributed by atoms with van der Waals surface area (Å²) in [6.07, 6.45) is 1.89. The van der Waals surface area contributed by atoms with Crippen LogP contribution in [0, 0.1) is 0 Å². The van der Waals surface area contributed by atoms with E-state index in [1.807, 2.05) is 34.2 Å². The smallest absolute Gasteiger partial charge is 0.307 e. The fraction of sp³-hybridized carbons (Fsp3) is 0.308. The fourth-order valence-electron chi connectivity index (χ4n) is 1.80. The summed E-state index contributed by atoms with van der Waals surface area (Å²) < 4.78 is 2.88. The largest absolute Gasteiger partial charge is 0.330 e. The molecule has 0 bridgehead atoms. The minimum Gasteiger partial charge on any atom is -0.330 e. The lowest BCUT2D eigenvalue weighted by Crippen LogP contribution is -2.15. The monoisotopic (exact) mass is 326 g/mol. The van der Waals surface area contributed by atoms with Crippen LogP contribution in [-0.4, -0.2) is 11.1 Å². The summed E-state index contributed by atoms with van der Waals surface area (Å²) in [5.74, 6) is 0. The number of thiazole rings is 1. The predicted octanol–water partition coefficient (Wildman–Crippen LogP) is 3.08. The number of nitrogens with zero attached hydrogens (tertiary/aromatic N) is 1. The molecule has 2 rings (SSSR count). The Kier molecular flexibility index (Phi) is 4.74. The molecule has 5 heteroatoms. The normalized spacial score (nSPS) is 10.8. The maximum absolute atomic E-state index is 11.8. The predicted molar refractivity (Wildman–Crippen MR) is 80.0 cm³/mol. The van der Waals surface area contributed by atoms with E-state index < -0.39 is 0 Å². The first-order valence-corrected chi connectivity index (χ1v) is 7.54. The van der Waals surface area contributed by atoms with Gasteiger partial charge in [0.15, 0.2) is 0 Å². The third-order valence-corrected chi connectivity index (χ3v) is 4.05. The van der Waals surface area contributed by atoms with Gasteiger partial charge in [0.1, 0.15) is 0 Å². The third kappa shape index (κ3) is 3.10. The molecule has 0 radical (unpaired) electrons. The van der Waals surface area contributed by atoms with E-state index in [1.54, 1.807) is 0 Å². The van der Waals surface area contributed by atoms with Crippen LogP contribution in [0.5, 0.6) is 0 Å². The molecule has 0 spiro atoms. The van der Waals surface area contributed by atoms with Crippen LogP contribution in [0.4, 0.5) is 0 Å². The van der Waals surface area contributed by atoms with E-state index in [0.717, 1.165) is 35.1 Å². The number of halogens is 1. The molecule has 18 heavy (non-hydrogen) atoms. The second-order valence-electron chi connectivity index (χ2n) is 4.04. The van der Waals surface area contributed by atoms with Crippen molar-refractivity contribution >= 4 is 27.3 Å². The van der Waals surface area contributed by atoms with E-state index in [-0.39, 0.29) is 4.87 Å². The first-order valence-electron chi connectivity index (χ1n) is 5.86. The van der Waals surface area contributed by atoms with Crippen molar-refractivity contribution in [3.8, 4) is 11.3 Å². The van der Waals surface area contributed by atoms with Crippen molar-refractivity contribution in [2.75, 3.05) is 6.54 Å². The topological polar surface area (TPSA) is 48.0 Å². The molecule has 2 N–H and O–H groups in total. The van der Waals surface area contributed by atoms with E-state index >= 15 is 0 Å². The average molecular weight is 327 g/mol. The zero-order valence-corrected chi connectivity index (χ0v) is 12.3. The highest BCUT2D eigenvalue weighted by Gasteiger charge is 2.08. The van der Waals surface area contributed by atoms with Gasteiger partial charge in [-0.05, 0) is 37.1 Å². The molecule has 0 fully saturated rings. The number of benzene rings is 1. The summed E-state index contributed by atoms with van der Waals surface area (Å²) in [5, 5.41) is 1.92. The molecule has 0 aliphatic carbocycles. The number of aromatic nitrogens is 1. The van der Waals surface area contributed by atoms with Crippen molar-refractivity contribution in [1.82, 2.24) is 4.57 Å². The minimum atomic E-state index is 0.102. The van der Waals surface area contributed by atoms with Crippen LogP contribution in [0.2, 0.25) is 0 Å². The fourth-order valence-corrected chi connectivity index (χ4v) is 2.86. The lowest BCUT2D eigenvalue weighted by atomic mass is 10.2. The van der Waals surface area contributed by atoms with Crippen LogP contribution in [0.1, 0.15) is 12.8 Å². The van der Waals surface area contributed by atoms with Crippen LogP contribution < -0.4 is 10.6 Å². The molecule has 1 aromatic carbocycles. The summed E-state index contributed by atoms with van der Waals surface area (Å²) >= 11 is 4.67.